The van der Waals surface area contributed by atoms with Crippen molar-refractivity contribution in [3.05, 3.63) is 64.1 Å². The van der Waals surface area contributed by atoms with Gasteiger partial charge in [0, 0.05) is 16.1 Å². The molecular formula is C20H22Cl2N3O+. The molecule has 3 rings (SSSR count). The van der Waals surface area contributed by atoms with E-state index in [1.165, 1.54) is 11.0 Å². The van der Waals surface area contributed by atoms with Crippen LogP contribution < -0.4 is 15.1 Å². The Morgan fingerprint density at radius 2 is 1.73 bits per heavy atom. The summed E-state index contributed by atoms with van der Waals surface area (Å²) in [6.07, 6.45) is 3.27. The number of carbonyl (C=O) groups excluding carboxylic acids is 1. The summed E-state index contributed by atoms with van der Waals surface area (Å²) in [4.78, 5) is 16.2. The molecule has 1 fully saturated rings. The van der Waals surface area contributed by atoms with Crippen LogP contribution in [0.2, 0.25) is 10.0 Å². The zero-order valence-electron chi connectivity index (χ0n) is 14.6. The minimum Gasteiger partial charge on any atom is -0.359 e. The van der Waals surface area contributed by atoms with Crippen LogP contribution in [0.5, 0.6) is 0 Å². The number of amides is 1. The maximum Gasteiger partial charge on any atom is 0.248 e. The second kappa shape index (κ2) is 8.58. The molecule has 0 aromatic heterocycles. The molecule has 1 aliphatic heterocycles. The number of rotatable bonds is 4. The van der Waals surface area contributed by atoms with Gasteiger partial charge in [0.25, 0.3) is 0 Å². The third-order valence-electron chi connectivity index (χ3n) is 4.47. The number of quaternary nitrogens is 1. The molecule has 2 aromatic carbocycles. The van der Waals surface area contributed by atoms with Crippen molar-refractivity contribution in [2.45, 2.75) is 0 Å². The highest BCUT2D eigenvalue weighted by molar-refractivity contribution is 6.31. The highest BCUT2D eigenvalue weighted by atomic mass is 35.5. The fourth-order valence-corrected chi connectivity index (χ4v) is 3.23. The Morgan fingerprint density at radius 3 is 2.42 bits per heavy atom. The van der Waals surface area contributed by atoms with Crippen molar-refractivity contribution in [3.8, 4) is 0 Å². The standard InChI is InChI=1S/C20H21Cl2N3O/c1-24-10-12-25(13-11-24)19-8-7-17(22)14-18(19)23-20(26)9-4-15-2-5-16(21)6-3-15/h2-9,14H,10-13H2,1H3,(H,23,26)/p+1/b9-4+. The van der Waals surface area contributed by atoms with Gasteiger partial charge in [-0.25, -0.2) is 0 Å². The third-order valence-corrected chi connectivity index (χ3v) is 4.96. The fourth-order valence-electron chi connectivity index (χ4n) is 2.93. The summed E-state index contributed by atoms with van der Waals surface area (Å²) in [5.41, 5.74) is 2.66. The second-order valence-electron chi connectivity index (χ2n) is 6.48. The zero-order chi connectivity index (χ0) is 18.5. The Morgan fingerprint density at radius 1 is 1.08 bits per heavy atom. The lowest BCUT2D eigenvalue weighted by Gasteiger charge is -2.33. The number of benzene rings is 2. The molecule has 0 bridgehead atoms. The quantitative estimate of drug-likeness (QED) is 0.787. The van der Waals surface area contributed by atoms with E-state index in [9.17, 15) is 4.79 Å². The smallest absolute Gasteiger partial charge is 0.248 e. The monoisotopic (exact) mass is 390 g/mol. The van der Waals surface area contributed by atoms with Gasteiger partial charge in [-0.15, -0.1) is 0 Å². The van der Waals surface area contributed by atoms with E-state index >= 15 is 0 Å². The number of likely N-dealkylation sites (N-methyl/N-ethyl adjacent to an activating group) is 1. The predicted octanol–water partition coefficient (Wildman–Crippen LogP) is 2.98. The van der Waals surface area contributed by atoms with E-state index in [-0.39, 0.29) is 5.91 Å². The van der Waals surface area contributed by atoms with E-state index < -0.39 is 0 Å². The van der Waals surface area contributed by atoms with Crippen molar-refractivity contribution in [2.75, 3.05) is 43.4 Å². The van der Waals surface area contributed by atoms with Crippen LogP contribution in [0.3, 0.4) is 0 Å². The molecule has 1 aliphatic rings. The molecule has 1 saturated heterocycles. The molecule has 136 valence electrons. The van der Waals surface area contributed by atoms with Crippen molar-refractivity contribution >= 4 is 46.6 Å². The summed E-state index contributed by atoms with van der Waals surface area (Å²) in [5.74, 6) is -0.191. The molecule has 1 amide bonds. The lowest BCUT2D eigenvalue weighted by Crippen LogP contribution is -3.12. The SMILES string of the molecule is C[NH+]1CCN(c2ccc(Cl)cc2NC(=O)/C=C/c2ccc(Cl)cc2)CC1. The maximum atomic E-state index is 12.4. The van der Waals surface area contributed by atoms with Gasteiger partial charge in [0.1, 0.15) is 0 Å². The van der Waals surface area contributed by atoms with Gasteiger partial charge in [-0.3, -0.25) is 4.79 Å². The van der Waals surface area contributed by atoms with E-state index in [1.54, 1.807) is 24.3 Å². The van der Waals surface area contributed by atoms with Crippen LogP contribution in [0.4, 0.5) is 11.4 Å². The van der Waals surface area contributed by atoms with Crippen LogP contribution in [0.1, 0.15) is 5.56 Å². The number of hydrogen-bond acceptors (Lipinski definition) is 2. The highest BCUT2D eigenvalue weighted by Gasteiger charge is 2.20. The number of carbonyl (C=O) groups is 1. The van der Waals surface area contributed by atoms with E-state index in [0.717, 1.165) is 43.1 Å². The first-order valence-electron chi connectivity index (χ1n) is 8.62. The molecule has 0 unspecified atom stereocenters. The first kappa shape index (κ1) is 18.8. The first-order valence-corrected chi connectivity index (χ1v) is 9.37. The average molecular weight is 391 g/mol. The summed E-state index contributed by atoms with van der Waals surface area (Å²) >= 11 is 12.0. The Balaban J connectivity index is 1.72. The van der Waals surface area contributed by atoms with E-state index in [4.69, 9.17) is 23.2 Å². The first-order chi connectivity index (χ1) is 12.5. The molecule has 6 heteroatoms. The number of piperazine rings is 1. The van der Waals surface area contributed by atoms with Crippen molar-refractivity contribution in [3.63, 3.8) is 0 Å². The molecule has 2 N–H and O–H groups in total. The van der Waals surface area contributed by atoms with Gasteiger partial charge >= 0.3 is 0 Å². The van der Waals surface area contributed by atoms with Gasteiger partial charge in [0.2, 0.25) is 5.91 Å². The van der Waals surface area contributed by atoms with Gasteiger partial charge in [-0.2, -0.15) is 0 Å². The lowest BCUT2D eigenvalue weighted by molar-refractivity contribution is -0.880. The summed E-state index contributed by atoms with van der Waals surface area (Å²) in [7, 11) is 2.20. The summed E-state index contributed by atoms with van der Waals surface area (Å²) < 4.78 is 0. The Kier molecular flexibility index (Phi) is 6.20. The Labute approximate surface area is 164 Å². The number of halogens is 2. The van der Waals surface area contributed by atoms with Crippen LogP contribution in [0.25, 0.3) is 6.08 Å². The van der Waals surface area contributed by atoms with Crippen molar-refractivity contribution < 1.29 is 9.69 Å². The van der Waals surface area contributed by atoms with E-state index in [0.29, 0.717) is 10.0 Å². The van der Waals surface area contributed by atoms with Gasteiger partial charge in [0.05, 0.1) is 44.6 Å². The van der Waals surface area contributed by atoms with Crippen molar-refractivity contribution in [1.29, 1.82) is 0 Å². The van der Waals surface area contributed by atoms with Crippen molar-refractivity contribution in [2.24, 2.45) is 0 Å². The molecule has 0 atom stereocenters. The Bertz CT molecular complexity index is 797. The van der Waals surface area contributed by atoms with Gasteiger partial charge in [0.15, 0.2) is 0 Å². The van der Waals surface area contributed by atoms with Gasteiger partial charge in [-0.05, 0) is 42.0 Å². The van der Waals surface area contributed by atoms with Gasteiger partial charge < -0.3 is 15.1 Å². The topological polar surface area (TPSA) is 36.8 Å². The van der Waals surface area contributed by atoms with Crippen LogP contribution in [0, 0.1) is 0 Å². The summed E-state index contributed by atoms with van der Waals surface area (Å²) in [6, 6.07) is 13.0. The normalized spacial score (nSPS) is 15.4. The number of hydrogen-bond donors (Lipinski definition) is 2. The molecule has 0 saturated carbocycles. The fraction of sp³-hybridized carbons (Fsp3) is 0.250. The summed E-state index contributed by atoms with van der Waals surface area (Å²) in [5, 5.41) is 4.23. The van der Waals surface area contributed by atoms with E-state index in [2.05, 4.69) is 17.3 Å². The molecule has 1 heterocycles. The largest absolute Gasteiger partial charge is 0.359 e. The molecule has 4 nitrogen and oxygen atoms in total. The molecule has 0 radical (unpaired) electrons. The minimum absolute atomic E-state index is 0.191. The molecule has 26 heavy (non-hydrogen) atoms. The summed E-state index contributed by atoms with van der Waals surface area (Å²) in [6.45, 7) is 4.06. The van der Waals surface area contributed by atoms with Crippen molar-refractivity contribution in [1.82, 2.24) is 0 Å². The third kappa shape index (κ3) is 5.01. The van der Waals surface area contributed by atoms with Crippen LogP contribution in [-0.4, -0.2) is 39.1 Å². The molecule has 2 aromatic rings. The maximum absolute atomic E-state index is 12.4. The minimum atomic E-state index is -0.191. The average Bonchev–Trinajstić information content (AvgIpc) is 2.62. The zero-order valence-corrected chi connectivity index (χ0v) is 16.1. The lowest BCUT2D eigenvalue weighted by atomic mass is 10.2. The second-order valence-corrected chi connectivity index (χ2v) is 7.35. The van der Waals surface area contributed by atoms with Gasteiger partial charge in [-0.1, -0.05) is 35.3 Å². The number of nitrogens with one attached hydrogen (secondary N) is 2. The molecule has 0 aliphatic carbocycles. The van der Waals surface area contributed by atoms with Crippen LogP contribution >= 0.6 is 23.2 Å². The highest BCUT2D eigenvalue weighted by Crippen LogP contribution is 2.29. The molecular weight excluding hydrogens is 369 g/mol. The number of nitrogens with zero attached hydrogens (tertiary/aromatic N) is 1. The predicted molar refractivity (Wildman–Crippen MR) is 109 cm³/mol. The Hall–Kier alpha value is -2.01. The van der Waals surface area contributed by atoms with E-state index in [1.807, 2.05) is 24.3 Å². The molecule has 0 spiro atoms. The number of anilines is 2. The van der Waals surface area contributed by atoms with Crippen LogP contribution in [-0.2, 0) is 4.79 Å². The van der Waals surface area contributed by atoms with Crippen LogP contribution in [0.15, 0.2) is 48.5 Å².